The Labute approximate surface area is 65.0 Å². The molecule has 0 amide bonds. The largest absolute Gasteiger partial charge is 0.478 e. The summed E-state index contributed by atoms with van der Waals surface area (Å²) >= 11 is 0. The predicted octanol–water partition coefficient (Wildman–Crippen LogP) is 1.27. The van der Waals surface area contributed by atoms with Gasteiger partial charge in [0.25, 0.3) is 0 Å². The molecule has 0 saturated carbocycles. The van der Waals surface area contributed by atoms with E-state index in [4.69, 9.17) is 10.00 Å². The molecule has 0 aliphatic heterocycles. The van der Waals surface area contributed by atoms with Crippen LogP contribution in [-0.2, 0) is 9.36 Å². The molecule has 1 unspecified atom stereocenters. The molecule has 4 nitrogen and oxygen atoms in total. The van der Waals surface area contributed by atoms with Gasteiger partial charge in [-0.05, 0) is 6.92 Å². The second kappa shape index (κ2) is 3.69. The summed E-state index contributed by atoms with van der Waals surface area (Å²) in [4.78, 5) is 19.1. The highest BCUT2D eigenvalue weighted by atomic mass is 31.2. The van der Waals surface area contributed by atoms with Gasteiger partial charge in [0.2, 0.25) is 7.37 Å². The van der Waals surface area contributed by atoms with Gasteiger partial charge in [0.05, 0.1) is 0 Å². The molecule has 0 aromatic rings. The van der Waals surface area contributed by atoms with Crippen LogP contribution in [0.15, 0.2) is 11.4 Å². The van der Waals surface area contributed by atoms with Gasteiger partial charge in [-0.1, -0.05) is 6.92 Å². The average molecular weight is 178 g/mol. The van der Waals surface area contributed by atoms with Gasteiger partial charge < -0.3 is 10.00 Å². The number of carboxylic acid groups (broad SMARTS) is 1. The summed E-state index contributed by atoms with van der Waals surface area (Å²) in [5.74, 6) is -1.19. The topological polar surface area (TPSA) is 74.6 Å². The first-order valence-electron chi connectivity index (χ1n) is 3.13. The zero-order valence-electron chi connectivity index (χ0n) is 6.44. The van der Waals surface area contributed by atoms with Crippen molar-refractivity contribution in [2.24, 2.45) is 0 Å². The molecule has 0 aromatic heterocycles. The number of carboxylic acids is 1. The van der Waals surface area contributed by atoms with Crippen molar-refractivity contribution in [2.45, 2.75) is 13.8 Å². The van der Waals surface area contributed by atoms with E-state index in [1.807, 2.05) is 0 Å². The zero-order valence-corrected chi connectivity index (χ0v) is 7.34. The van der Waals surface area contributed by atoms with Gasteiger partial charge in [0.15, 0.2) is 0 Å². The van der Waals surface area contributed by atoms with Crippen LogP contribution in [0.3, 0.4) is 0 Å². The molecule has 0 heterocycles. The Morgan fingerprint density at radius 1 is 1.64 bits per heavy atom. The van der Waals surface area contributed by atoms with Crippen molar-refractivity contribution in [3.05, 3.63) is 11.4 Å². The standard InChI is InChI=1S/C6H11O4P/c1-3-11(9,10)5(2)4-6(7)8/h4H,3H2,1-2H3,(H,7,8)(H,9,10)/b5-4-. The van der Waals surface area contributed by atoms with Crippen LogP contribution < -0.4 is 0 Å². The molecule has 2 N–H and O–H groups in total. The molecule has 0 bridgehead atoms. The first-order valence-corrected chi connectivity index (χ1v) is 4.98. The van der Waals surface area contributed by atoms with Crippen molar-refractivity contribution in [1.29, 1.82) is 0 Å². The molecule has 0 fully saturated rings. The first-order chi connectivity index (χ1) is 4.90. The van der Waals surface area contributed by atoms with Crippen LogP contribution in [0.2, 0.25) is 0 Å². The molecule has 0 aliphatic carbocycles. The van der Waals surface area contributed by atoms with E-state index in [0.29, 0.717) is 0 Å². The Kier molecular flexibility index (Phi) is 3.49. The quantitative estimate of drug-likeness (QED) is 0.504. The van der Waals surface area contributed by atoms with Crippen molar-refractivity contribution < 1.29 is 19.4 Å². The van der Waals surface area contributed by atoms with E-state index >= 15 is 0 Å². The Morgan fingerprint density at radius 2 is 2.09 bits per heavy atom. The Morgan fingerprint density at radius 3 is 2.36 bits per heavy atom. The molecular weight excluding hydrogens is 167 g/mol. The predicted molar refractivity (Wildman–Crippen MR) is 41.8 cm³/mol. The zero-order chi connectivity index (χ0) is 9.07. The fourth-order valence-electron chi connectivity index (χ4n) is 0.529. The minimum atomic E-state index is -3.34. The van der Waals surface area contributed by atoms with Gasteiger partial charge in [-0.2, -0.15) is 0 Å². The molecule has 0 rings (SSSR count). The third kappa shape index (κ3) is 3.35. The third-order valence-electron chi connectivity index (χ3n) is 1.31. The molecule has 11 heavy (non-hydrogen) atoms. The highest BCUT2D eigenvalue weighted by Crippen LogP contribution is 2.48. The number of hydrogen-bond donors (Lipinski definition) is 2. The lowest BCUT2D eigenvalue weighted by atomic mass is 10.5. The molecule has 1 atom stereocenters. The average Bonchev–Trinajstić information content (AvgIpc) is 1.86. The summed E-state index contributed by atoms with van der Waals surface area (Å²) in [6, 6.07) is 0. The highest BCUT2D eigenvalue weighted by Gasteiger charge is 2.18. The summed E-state index contributed by atoms with van der Waals surface area (Å²) in [6.07, 6.45) is 0.840. The van der Waals surface area contributed by atoms with Crippen molar-refractivity contribution in [1.82, 2.24) is 0 Å². The molecule has 0 radical (unpaired) electrons. The minimum Gasteiger partial charge on any atom is -0.478 e. The first kappa shape index (κ1) is 10.4. The maximum atomic E-state index is 11.0. The second-order valence-corrected chi connectivity index (χ2v) is 4.88. The van der Waals surface area contributed by atoms with Crippen molar-refractivity contribution in [2.75, 3.05) is 6.16 Å². The van der Waals surface area contributed by atoms with Gasteiger partial charge in [-0.25, -0.2) is 4.79 Å². The lowest BCUT2D eigenvalue weighted by Crippen LogP contribution is -1.92. The van der Waals surface area contributed by atoms with Gasteiger partial charge in [-0.15, -0.1) is 0 Å². The number of allylic oxidation sites excluding steroid dienone is 1. The van der Waals surface area contributed by atoms with E-state index in [0.717, 1.165) is 6.08 Å². The lowest BCUT2D eigenvalue weighted by molar-refractivity contribution is -0.131. The van der Waals surface area contributed by atoms with Crippen LogP contribution in [0.5, 0.6) is 0 Å². The SMILES string of the molecule is CCP(=O)(O)/C(C)=C\C(=O)O. The van der Waals surface area contributed by atoms with Gasteiger partial charge in [-0.3, -0.25) is 4.57 Å². The monoisotopic (exact) mass is 178 g/mol. The molecule has 64 valence electrons. The number of hydrogen-bond acceptors (Lipinski definition) is 2. The Hall–Kier alpha value is -0.600. The van der Waals surface area contributed by atoms with Crippen LogP contribution in [0, 0.1) is 0 Å². The fourth-order valence-corrected chi connectivity index (χ4v) is 1.34. The summed E-state index contributed by atoms with van der Waals surface area (Å²) in [6.45, 7) is 2.89. The maximum Gasteiger partial charge on any atom is 0.328 e. The third-order valence-corrected chi connectivity index (χ3v) is 3.40. The van der Waals surface area contributed by atoms with E-state index < -0.39 is 13.3 Å². The summed E-state index contributed by atoms with van der Waals surface area (Å²) < 4.78 is 11.0. The smallest absolute Gasteiger partial charge is 0.328 e. The lowest BCUT2D eigenvalue weighted by Gasteiger charge is -2.07. The number of rotatable bonds is 3. The van der Waals surface area contributed by atoms with Gasteiger partial charge in [0, 0.05) is 17.6 Å². The molecule has 0 saturated heterocycles. The van der Waals surface area contributed by atoms with Crippen molar-refractivity contribution in [3.63, 3.8) is 0 Å². The molecule has 0 aromatic carbocycles. The second-order valence-electron chi connectivity index (χ2n) is 2.14. The van der Waals surface area contributed by atoms with E-state index in [2.05, 4.69) is 0 Å². The van der Waals surface area contributed by atoms with Crippen LogP contribution in [0.1, 0.15) is 13.8 Å². The summed E-state index contributed by atoms with van der Waals surface area (Å²) in [5.41, 5.74) is 0. The van der Waals surface area contributed by atoms with Crippen molar-refractivity contribution >= 4 is 13.3 Å². The van der Waals surface area contributed by atoms with E-state index in [1.165, 1.54) is 6.92 Å². The van der Waals surface area contributed by atoms with Crippen LogP contribution >= 0.6 is 7.37 Å². The van der Waals surface area contributed by atoms with Crippen LogP contribution in [0.25, 0.3) is 0 Å². The maximum absolute atomic E-state index is 11.0. The van der Waals surface area contributed by atoms with Crippen LogP contribution in [0.4, 0.5) is 0 Å². The van der Waals surface area contributed by atoms with E-state index in [1.54, 1.807) is 6.92 Å². The van der Waals surface area contributed by atoms with Gasteiger partial charge >= 0.3 is 5.97 Å². The van der Waals surface area contributed by atoms with Crippen LogP contribution in [-0.4, -0.2) is 22.1 Å². The van der Waals surface area contributed by atoms with Crippen molar-refractivity contribution in [3.8, 4) is 0 Å². The fraction of sp³-hybridized carbons (Fsp3) is 0.500. The van der Waals surface area contributed by atoms with Gasteiger partial charge in [0.1, 0.15) is 0 Å². The molecular formula is C6H11O4P. The van der Waals surface area contributed by atoms with E-state index in [9.17, 15) is 9.36 Å². The molecule has 5 heteroatoms. The summed E-state index contributed by atoms with van der Waals surface area (Å²) in [5, 5.41) is 8.27. The highest BCUT2D eigenvalue weighted by molar-refractivity contribution is 7.62. The number of carbonyl (C=O) groups is 1. The minimum absolute atomic E-state index is 0.0347. The number of aliphatic carboxylic acids is 1. The normalized spacial score (nSPS) is 17.5. The molecule has 0 spiro atoms. The Balaban J connectivity index is 4.61. The molecule has 0 aliphatic rings. The Bertz CT molecular complexity index is 231. The summed E-state index contributed by atoms with van der Waals surface area (Å²) in [7, 11) is -3.34. The van der Waals surface area contributed by atoms with E-state index in [-0.39, 0.29) is 11.5 Å².